The molecule has 5 heteroatoms. The average Bonchev–Trinajstić information content (AvgIpc) is 2.83. The van der Waals surface area contributed by atoms with Crippen LogP contribution >= 0.6 is 23.4 Å². The molecule has 1 aliphatic heterocycles. The fraction of sp³-hybridized carbons (Fsp3) is 0.533. The van der Waals surface area contributed by atoms with Crippen LogP contribution in [0.5, 0.6) is 0 Å². The summed E-state index contributed by atoms with van der Waals surface area (Å²) in [4.78, 5) is 7.18. The first kappa shape index (κ1) is 14.2. The molecule has 0 radical (unpaired) electrons. The van der Waals surface area contributed by atoms with Gasteiger partial charge in [0.15, 0.2) is 0 Å². The lowest BCUT2D eigenvalue weighted by Gasteiger charge is -2.26. The van der Waals surface area contributed by atoms with Crippen molar-refractivity contribution in [1.29, 1.82) is 0 Å². The van der Waals surface area contributed by atoms with E-state index in [4.69, 9.17) is 11.6 Å². The van der Waals surface area contributed by atoms with Crippen LogP contribution in [0.2, 0.25) is 0 Å². The second-order valence-electron chi connectivity index (χ2n) is 5.26. The molecule has 1 aromatic carbocycles. The van der Waals surface area contributed by atoms with Crippen molar-refractivity contribution >= 4 is 34.4 Å². The van der Waals surface area contributed by atoms with E-state index in [-0.39, 0.29) is 0 Å². The maximum atomic E-state index is 6.06. The topological polar surface area (TPSA) is 21.1 Å². The van der Waals surface area contributed by atoms with E-state index >= 15 is 0 Å². The fourth-order valence-electron chi connectivity index (χ4n) is 2.70. The van der Waals surface area contributed by atoms with Gasteiger partial charge < -0.3 is 4.57 Å². The summed E-state index contributed by atoms with van der Waals surface area (Å²) in [6, 6.07) is 6.42. The summed E-state index contributed by atoms with van der Waals surface area (Å²) >= 11 is 8.12. The third-order valence-electron chi connectivity index (χ3n) is 3.85. The van der Waals surface area contributed by atoms with Gasteiger partial charge in [0.2, 0.25) is 0 Å². The van der Waals surface area contributed by atoms with Crippen LogP contribution in [0.15, 0.2) is 18.2 Å². The zero-order chi connectivity index (χ0) is 13.9. The molecule has 1 aliphatic rings. The number of hydrogen-bond donors (Lipinski definition) is 0. The van der Waals surface area contributed by atoms with Gasteiger partial charge in [0.1, 0.15) is 5.82 Å². The lowest BCUT2D eigenvalue weighted by Crippen LogP contribution is -2.35. The molecule has 1 aromatic heterocycles. The van der Waals surface area contributed by atoms with E-state index in [1.165, 1.54) is 35.7 Å². The molecule has 108 valence electrons. The van der Waals surface area contributed by atoms with Gasteiger partial charge in [-0.15, -0.1) is 11.6 Å². The van der Waals surface area contributed by atoms with Crippen molar-refractivity contribution < 1.29 is 0 Å². The fourth-order valence-corrected chi connectivity index (χ4v) is 3.88. The van der Waals surface area contributed by atoms with Crippen LogP contribution < -0.4 is 0 Å². The summed E-state index contributed by atoms with van der Waals surface area (Å²) in [5, 5.41) is 0. The number of rotatable bonds is 4. The smallest absolute Gasteiger partial charge is 0.124 e. The van der Waals surface area contributed by atoms with Crippen molar-refractivity contribution in [1.82, 2.24) is 14.5 Å². The van der Waals surface area contributed by atoms with Gasteiger partial charge in [-0.2, -0.15) is 11.8 Å². The second-order valence-corrected chi connectivity index (χ2v) is 6.75. The van der Waals surface area contributed by atoms with E-state index in [1.54, 1.807) is 0 Å². The minimum absolute atomic E-state index is 0.476. The van der Waals surface area contributed by atoms with Crippen molar-refractivity contribution in [2.75, 3.05) is 31.1 Å². The summed E-state index contributed by atoms with van der Waals surface area (Å²) in [5.74, 6) is 3.97. The van der Waals surface area contributed by atoms with Gasteiger partial charge in [-0.3, -0.25) is 4.90 Å². The third kappa shape index (κ3) is 2.97. The van der Waals surface area contributed by atoms with E-state index < -0.39 is 0 Å². The van der Waals surface area contributed by atoms with Gasteiger partial charge in [-0.05, 0) is 24.6 Å². The van der Waals surface area contributed by atoms with E-state index in [0.29, 0.717) is 5.88 Å². The Labute approximate surface area is 129 Å². The Morgan fingerprint density at radius 1 is 1.25 bits per heavy atom. The summed E-state index contributed by atoms with van der Waals surface area (Å²) in [6.07, 6.45) is 0. The van der Waals surface area contributed by atoms with Crippen LogP contribution in [0.1, 0.15) is 11.4 Å². The van der Waals surface area contributed by atoms with E-state index in [2.05, 4.69) is 51.3 Å². The van der Waals surface area contributed by atoms with Crippen LogP contribution in [0.25, 0.3) is 11.0 Å². The second kappa shape index (κ2) is 6.37. The van der Waals surface area contributed by atoms with Gasteiger partial charge in [0, 0.05) is 37.7 Å². The molecule has 2 aromatic rings. The first-order valence-electron chi connectivity index (χ1n) is 7.10. The number of hydrogen-bond acceptors (Lipinski definition) is 3. The number of thioether (sulfide) groups is 1. The average molecular weight is 310 g/mol. The zero-order valence-electron chi connectivity index (χ0n) is 11.8. The molecule has 20 heavy (non-hydrogen) atoms. The first-order valence-corrected chi connectivity index (χ1v) is 8.78. The molecule has 0 N–H and O–H groups in total. The lowest BCUT2D eigenvalue weighted by molar-refractivity contribution is 0.290. The van der Waals surface area contributed by atoms with Crippen LogP contribution in [0, 0.1) is 6.92 Å². The maximum absolute atomic E-state index is 6.06. The Morgan fingerprint density at radius 3 is 2.80 bits per heavy atom. The molecule has 0 saturated carbocycles. The predicted molar refractivity (Wildman–Crippen MR) is 87.8 cm³/mol. The Bertz CT molecular complexity index is 590. The van der Waals surface area contributed by atoms with Crippen molar-refractivity contribution in [2.45, 2.75) is 19.3 Å². The number of alkyl halides is 1. The minimum Gasteiger partial charge on any atom is -0.326 e. The van der Waals surface area contributed by atoms with Crippen LogP contribution in [-0.4, -0.2) is 45.6 Å². The molecule has 2 heterocycles. The predicted octanol–water partition coefficient (Wildman–Crippen LogP) is 3.13. The summed E-state index contributed by atoms with van der Waals surface area (Å²) in [6.45, 7) is 6.59. The van der Waals surface area contributed by atoms with Gasteiger partial charge in [-0.1, -0.05) is 6.07 Å². The molecule has 0 atom stereocenters. The van der Waals surface area contributed by atoms with Crippen molar-refractivity contribution in [3.05, 3.63) is 29.6 Å². The highest BCUT2D eigenvalue weighted by Crippen LogP contribution is 2.19. The number of fused-ring (bicyclic) bond motifs is 1. The van der Waals surface area contributed by atoms with Crippen LogP contribution in [0.3, 0.4) is 0 Å². The highest BCUT2D eigenvalue weighted by molar-refractivity contribution is 7.99. The van der Waals surface area contributed by atoms with E-state index in [0.717, 1.165) is 24.4 Å². The van der Waals surface area contributed by atoms with Crippen LogP contribution in [-0.2, 0) is 12.4 Å². The quantitative estimate of drug-likeness (QED) is 0.810. The summed E-state index contributed by atoms with van der Waals surface area (Å²) in [5.41, 5.74) is 3.54. The number of aryl methyl sites for hydroxylation is 1. The van der Waals surface area contributed by atoms with E-state index in [9.17, 15) is 0 Å². The molecule has 0 unspecified atom stereocenters. The molecule has 0 spiro atoms. The van der Waals surface area contributed by atoms with Gasteiger partial charge >= 0.3 is 0 Å². The molecular weight excluding hydrogens is 290 g/mol. The Hall–Kier alpha value is -0.710. The molecule has 0 aliphatic carbocycles. The zero-order valence-corrected chi connectivity index (χ0v) is 13.4. The normalized spacial score (nSPS) is 16.9. The summed E-state index contributed by atoms with van der Waals surface area (Å²) in [7, 11) is 0. The monoisotopic (exact) mass is 309 g/mol. The molecule has 1 saturated heterocycles. The Balaban J connectivity index is 1.83. The maximum Gasteiger partial charge on any atom is 0.124 e. The molecule has 0 bridgehead atoms. The van der Waals surface area contributed by atoms with Gasteiger partial charge in [0.05, 0.1) is 16.9 Å². The number of imidazole rings is 1. The van der Waals surface area contributed by atoms with Gasteiger partial charge in [-0.25, -0.2) is 4.98 Å². The largest absolute Gasteiger partial charge is 0.326 e. The summed E-state index contributed by atoms with van der Waals surface area (Å²) < 4.78 is 2.29. The van der Waals surface area contributed by atoms with E-state index in [1.807, 2.05) is 0 Å². The molecule has 0 amide bonds. The highest BCUT2D eigenvalue weighted by Gasteiger charge is 2.13. The van der Waals surface area contributed by atoms with Crippen molar-refractivity contribution in [3.8, 4) is 0 Å². The minimum atomic E-state index is 0.476. The van der Waals surface area contributed by atoms with Crippen molar-refractivity contribution in [3.63, 3.8) is 0 Å². The van der Waals surface area contributed by atoms with Gasteiger partial charge in [0.25, 0.3) is 0 Å². The van der Waals surface area contributed by atoms with Crippen molar-refractivity contribution in [2.24, 2.45) is 0 Å². The standard InChI is InChI=1S/C15H20ClN3S/c1-12-2-3-13-14(10-12)19(15(11-16)17-13)5-4-18-6-8-20-9-7-18/h2-3,10H,4-9,11H2,1H3. The Kier molecular flexibility index (Phi) is 4.54. The molecule has 3 nitrogen and oxygen atoms in total. The first-order chi connectivity index (χ1) is 9.78. The lowest BCUT2D eigenvalue weighted by atomic mass is 10.2. The third-order valence-corrected chi connectivity index (χ3v) is 5.03. The molecular formula is C15H20ClN3S. The number of halogens is 1. The number of benzene rings is 1. The SMILES string of the molecule is Cc1ccc2nc(CCl)n(CCN3CCSCC3)c2c1. The highest BCUT2D eigenvalue weighted by atomic mass is 35.5. The molecule has 3 rings (SSSR count). The van der Waals surface area contributed by atoms with Crippen LogP contribution in [0.4, 0.5) is 0 Å². The Morgan fingerprint density at radius 2 is 2.05 bits per heavy atom. The molecule has 1 fully saturated rings. The number of aromatic nitrogens is 2. The number of nitrogens with zero attached hydrogens (tertiary/aromatic N) is 3.